The zero-order valence-electron chi connectivity index (χ0n) is 6.27. The lowest BCUT2D eigenvalue weighted by molar-refractivity contribution is 0.539. The van der Waals surface area contributed by atoms with Gasteiger partial charge >= 0.3 is 0 Å². The van der Waals surface area contributed by atoms with Gasteiger partial charge in [0.1, 0.15) is 0 Å². The standard InChI is InChI=1S/C7H9N3O/c1-3-10(2)5-4-7-9-8-6-11-7/h3-6H,1H2,2H3. The quantitative estimate of drug-likeness (QED) is 0.649. The molecule has 0 aliphatic carbocycles. The van der Waals surface area contributed by atoms with Gasteiger partial charge in [-0.1, -0.05) is 6.58 Å². The molecule has 0 bridgehead atoms. The van der Waals surface area contributed by atoms with Crippen LogP contribution in [0.15, 0.2) is 29.8 Å². The SMILES string of the molecule is C=CN(C)C=Cc1nnco1. The molecule has 0 amide bonds. The maximum Gasteiger partial charge on any atom is 0.241 e. The minimum atomic E-state index is 0.485. The number of nitrogens with zero attached hydrogens (tertiary/aromatic N) is 3. The van der Waals surface area contributed by atoms with Crippen molar-refractivity contribution in [3.05, 3.63) is 31.3 Å². The fourth-order valence-electron chi connectivity index (χ4n) is 0.496. The summed E-state index contributed by atoms with van der Waals surface area (Å²) in [5.74, 6) is 0.485. The molecule has 0 saturated heterocycles. The Bertz CT molecular complexity index is 240. The third-order valence-electron chi connectivity index (χ3n) is 1.12. The highest BCUT2D eigenvalue weighted by molar-refractivity contribution is 5.35. The Hall–Kier alpha value is -1.58. The molecule has 0 N–H and O–H groups in total. The maximum absolute atomic E-state index is 4.86. The fourth-order valence-corrected chi connectivity index (χ4v) is 0.496. The van der Waals surface area contributed by atoms with Gasteiger partial charge in [-0.2, -0.15) is 0 Å². The molecule has 4 nitrogen and oxygen atoms in total. The maximum atomic E-state index is 4.86. The van der Waals surface area contributed by atoms with Gasteiger partial charge in [0.2, 0.25) is 12.3 Å². The van der Waals surface area contributed by atoms with Gasteiger partial charge in [0.05, 0.1) is 0 Å². The van der Waals surface area contributed by atoms with Gasteiger partial charge in [-0.15, -0.1) is 10.2 Å². The van der Waals surface area contributed by atoms with E-state index in [0.717, 1.165) is 0 Å². The summed E-state index contributed by atoms with van der Waals surface area (Å²) in [6.45, 7) is 3.57. The van der Waals surface area contributed by atoms with Gasteiger partial charge in [-0.25, -0.2) is 0 Å². The van der Waals surface area contributed by atoms with Crippen LogP contribution in [-0.2, 0) is 0 Å². The zero-order valence-corrected chi connectivity index (χ0v) is 6.27. The van der Waals surface area contributed by atoms with Crippen LogP contribution in [0.4, 0.5) is 0 Å². The highest BCUT2D eigenvalue weighted by Crippen LogP contribution is 1.95. The van der Waals surface area contributed by atoms with Gasteiger partial charge in [-0.05, 0) is 6.20 Å². The van der Waals surface area contributed by atoms with Crippen LogP contribution in [0.25, 0.3) is 6.08 Å². The third kappa shape index (κ3) is 2.25. The summed E-state index contributed by atoms with van der Waals surface area (Å²) in [5, 5.41) is 7.17. The molecule has 4 heteroatoms. The summed E-state index contributed by atoms with van der Waals surface area (Å²) in [7, 11) is 1.86. The van der Waals surface area contributed by atoms with Crippen molar-refractivity contribution in [2.75, 3.05) is 7.05 Å². The summed E-state index contributed by atoms with van der Waals surface area (Å²) in [6.07, 6.45) is 6.44. The van der Waals surface area contributed by atoms with Gasteiger partial charge in [0.15, 0.2) is 0 Å². The van der Waals surface area contributed by atoms with E-state index in [4.69, 9.17) is 4.42 Å². The topological polar surface area (TPSA) is 42.2 Å². The van der Waals surface area contributed by atoms with E-state index in [1.807, 2.05) is 7.05 Å². The molecule has 1 heterocycles. The predicted octanol–water partition coefficient (Wildman–Crippen LogP) is 1.12. The Morgan fingerprint density at radius 2 is 2.55 bits per heavy atom. The predicted molar refractivity (Wildman–Crippen MR) is 41.3 cm³/mol. The van der Waals surface area contributed by atoms with E-state index in [1.165, 1.54) is 6.39 Å². The fraction of sp³-hybridized carbons (Fsp3) is 0.143. The minimum Gasteiger partial charge on any atom is -0.424 e. The first-order valence-electron chi connectivity index (χ1n) is 3.12. The molecule has 0 fully saturated rings. The van der Waals surface area contributed by atoms with Crippen molar-refractivity contribution in [1.29, 1.82) is 0 Å². The van der Waals surface area contributed by atoms with Crippen LogP contribution in [0.3, 0.4) is 0 Å². The second-order valence-corrected chi connectivity index (χ2v) is 1.94. The lowest BCUT2D eigenvalue weighted by Gasteiger charge is -2.02. The van der Waals surface area contributed by atoms with E-state index in [2.05, 4.69) is 16.8 Å². The van der Waals surface area contributed by atoms with Crippen molar-refractivity contribution < 1.29 is 4.42 Å². The molecule has 0 aromatic carbocycles. The van der Waals surface area contributed by atoms with Crippen LogP contribution in [0.5, 0.6) is 0 Å². The van der Waals surface area contributed by atoms with Crippen molar-refractivity contribution in [3.8, 4) is 0 Å². The van der Waals surface area contributed by atoms with Crippen molar-refractivity contribution in [3.63, 3.8) is 0 Å². The first-order chi connectivity index (χ1) is 5.33. The van der Waals surface area contributed by atoms with Crippen LogP contribution in [-0.4, -0.2) is 22.1 Å². The molecule has 0 spiro atoms. The monoisotopic (exact) mass is 151 g/mol. The highest BCUT2D eigenvalue weighted by Gasteiger charge is 1.89. The molecular weight excluding hydrogens is 142 g/mol. The largest absolute Gasteiger partial charge is 0.424 e. The summed E-state index contributed by atoms with van der Waals surface area (Å²) in [4.78, 5) is 1.78. The molecule has 1 aromatic rings. The van der Waals surface area contributed by atoms with E-state index < -0.39 is 0 Å². The van der Waals surface area contributed by atoms with Gasteiger partial charge in [0.25, 0.3) is 0 Å². The van der Waals surface area contributed by atoms with E-state index >= 15 is 0 Å². The zero-order chi connectivity index (χ0) is 8.10. The molecule has 58 valence electrons. The summed E-state index contributed by atoms with van der Waals surface area (Å²) >= 11 is 0. The van der Waals surface area contributed by atoms with E-state index in [0.29, 0.717) is 5.89 Å². The molecule has 0 aliphatic heterocycles. The average Bonchev–Trinajstić information content (AvgIpc) is 2.52. The van der Waals surface area contributed by atoms with Crippen molar-refractivity contribution in [1.82, 2.24) is 15.1 Å². The second-order valence-electron chi connectivity index (χ2n) is 1.94. The Morgan fingerprint density at radius 3 is 3.09 bits per heavy atom. The smallest absolute Gasteiger partial charge is 0.241 e. The van der Waals surface area contributed by atoms with Gasteiger partial charge < -0.3 is 9.32 Å². The molecule has 0 unspecified atom stereocenters. The van der Waals surface area contributed by atoms with Crippen LogP contribution in [0.1, 0.15) is 5.89 Å². The average molecular weight is 151 g/mol. The molecule has 0 atom stereocenters. The summed E-state index contributed by atoms with van der Waals surface area (Å²) in [5.41, 5.74) is 0. The molecule has 0 saturated carbocycles. The second kappa shape index (κ2) is 3.55. The van der Waals surface area contributed by atoms with Crippen molar-refractivity contribution in [2.45, 2.75) is 0 Å². The van der Waals surface area contributed by atoms with Crippen LogP contribution >= 0.6 is 0 Å². The molecule has 1 aromatic heterocycles. The Kier molecular flexibility index (Phi) is 2.43. The van der Waals surface area contributed by atoms with E-state index in [-0.39, 0.29) is 0 Å². The van der Waals surface area contributed by atoms with Crippen molar-refractivity contribution >= 4 is 6.08 Å². The Balaban J connectivity index is 2.55. The van der Waals surface area contributed by atoms with Gasteiger partial charge in [-0.3, -0.25) is 0 Å². The summed E-state index contributed by atoms with van der Waals surface area (Å²) in [6, 6.07) is 0. The first-order valence-corrected chi connectivity index (χ1v) is 3.12. The molecule has 0 radical (unpaired) electrons. The van der Waals surface area contributed by atoms with Crippen LogP contribution < -0.4 is 0 Å². The van der Waals surface area contributed by atoms with Crippen LogP contribution in [0, 0.1) is 0 Å². The normalized spacial score (nSPS) is 10.3. The number of rotatable bonds is 3. The third-order valence-corrected chi connectivity index (χ3v) is 1.12. The number of hydrogen-bond acceptors (Lipinski definition) is 4. The first kappa shape index (κ1) is 7.53. The van der Waals surface area contributed by atoms with E-state index in [1.54, 1.807) is 23.4 Å². The molecule has 1 rings (SSSR count). The Morgan fingerprint density at radius 1 is 1.73 bits per heavy atom. The van der Waals surface area contributed by atoms with Gasteiger partial charge in [0, 0.05) is 19.3 Å². The lowest BCUT2D eigenvalue weighted by atomic mass is 10.6. The molecule has 11 heavy (non-hydrogen) atoms. The Labute approximate surface area is 64.8 Å². The number of hydrogen-bond donors (Lipinski definition) is 0. The summed E-state index contributed by atoms with van der Waals surface area (Å²) < 4.78 is 4.86. The van der Waals surface area contributed by atoms with Crippen molar-refractivity contribution in [2.24, 2.45) is 0 Å². The molecule has 0 aliphatic rings. The molecular formula is C7H9N3O. The highest BCUT2D eigenvalue weighted by atomic mass is 16.4. The van der Waals surface area contributed by atoms with E-state index in [9.17, 15) is 0 Å². The van der Waals surface area contributed by atoms with Crippen LogP contribution in [0.2, 0.25) is 0 Å². The number of aromatic nitrogens is 2. The minimum absolute atomic E-state index is 0.485. The lowest BCUT2D eigenvalue weighted by Crippen LogP contribution is -1.97.